The van der Waals surface area contributed by atoms with Crippen molar-refractivity contribution in [3.8, 4) is 0 Å². The Morgan fingerprint density at radius 1 is 1.03 bits per heavy atom. The van der Waals surface area contributed by atoms with Gasteiger partial charge in [0, 0.05) is 22.0 Å². The summed E-state index contributed by atoms with van der Waals surface area (Å²) in [5.41, 5.74) is 3.35. The van der Waals surface area contributed by atoms with Crippen molar-refractivity contribution < 1.29 is 9.59 Å². The Bertz CT molecular complexity index is 1070. The normalized spacial score (nSPS) is 13.1. The van der Waals surface area contributed by atoms with E-state index >= 15 is 0 Å². The molecule has 1 heterocycles. The van der Waals surface area contributed by atoms with E-state index in [4.69, 9.17) is 11.6 Å². The Labute approximate surface area is 185 Å². The minimum Gasteiger partial charge on any atom is -0.352 e. The summed E-state index contributed by atoms with van der Waals surface area (Å²) in [6.45, 7) is 0.933. The van der Waals surface area contributed by atoms with E-state index < -0.39 is 0 Å². The van der Waals surface area contributed by atoms with Gasteiger partial charge in [-0.3, -0.25) is 9.59 Å². The van der Waals surface area contributed by atoms with E-state index in [1.165, 1.54) is 17.3 Å². The smallest absolute Gasteiger partial charge is 0.251 e. The van der Waals surface area contributed by atoms with Crippen LogP contribution in [0, 0.1) is 0 Å². The lowest BCUT2D eigenvalue weighted by molar-refractivity contribution is -0.116. The van der Waals surface area contributed by atoms with Gasteiger partial charge in [-0.1, -0.05) is 60.1 Å². The van der Waals surface area contributed by atoms with E-state index in [-0.39, 0.29) is 11.8 Å². The molecule has 0 atom stereocenters. The molecule has 1 aliphatic heterocycles. The van der Waals surface area contributed by atoms with Gasteiger partial charge in [-0.15, -0.1) is 11.8 Å². The molecule has 2 amide bonds. The summed E-state index contributed by atoms with van der Waals surface area (Å²) in [5, 5.41) is 3.59. The molecule has 0 aliphatic carbocycles. The lowest BCUT2D eigenvalue weighted by Gasteiger charge is -2.29. The Morgan fingerprint density at radius 2 is 1.80 bits per heavy atom. The van der Waals surface area contributed by atoms with Gasteiger partial charge in [-0.25, -0.2) is 0 Å². The third-order valence-electron chi connectivity index (χ3n) is 4.99. The summed E-state index contributed by atoms with van der Waals surface area (Å²) in [5.74, 6) is 0.239. The number of amides is 2. The van der Waals surface area contributed by atoms with Crippen LogP contribution in [0.4, 0.5) is 5.69 Å². The summed E-state index contributed by atoms with van der Waals surface area (Å²) < 4.78 is 0. The molecular weight excluding hydrogens is 416 g/mol. The second-order valence-electron chi connectivity index (χ2n) is 7.03. The zero-order valence-electron chi connectivity index (χ0n) is 16.3. The van der Waals surface area contributed by atoms with E-state index in [2.05, 4.69) is 5.32 Å². The van der Waals surface area contributed by atoms with E-state index in [1.807, 2.05) is 66.7 Å². The number of nitrogens with zero attached hydrogens (tertiary/aromatic N) is 1. The number of thioether (sulfide) groups is 1. The Morgan fingerprint density at radius 3 is 2.60 bits per heavy atom. The van der Waals surface area contributed by atoms with Crippen LogP contribution in [0.15, 0.2) is 77.7 Å². The number of fused-ring (bicyclic) bond motifs is 1. The predicted octanol–water partition coefficient (Wildman–Crippen LogP) is 4.95. The maximum atomic E-state index is 12.7. The molecular formula is C24H21ClN2O2S. The second kappa shape index (κ2) is 9.37. The van der Waals surface area contributed by atoms with Gasteiger partial charge in [0.2, 0.25) is 5.91 Å². The van der Waals surface area contributed by atoms with Gasteiger partial charge in [0.05, 0.1) is 18.0 Å². The van der Waals surface area contributed by atoms with Crippen LogP contribution in [0.25, 0.3) is 0 Å². The number of carbonyl (C=O) groups is 2. The number of hydrogen-bond donors (Lipinski definition) is 1. The average molecular weight is 437 g/mol. The quantitative estimate of drug-likeness (QED) is 0.594. The molecule has 4 nitrogen and oxygen atoms in total. The van der Waals surface area contributed by atoms with Crippen LogP contribution in [0.2, 0.25) is 5.02 Å². The van der Waals surface area contributed by atoms with Crippen LogP contribution in [0.3, 0.4) is 0 Å². The highest BCUT2D eigenvalue weighted by Gasteiger charge is 2.26. The predicted molar refractivity (Wildman–Crippen MR) is 122 cm³/mol. The number of halogens is 1. The highest BCUT2D eigenvalue weighted by Crippen LogP contribution is 2.37. The Kier molecular flexibility index (Phi) is 6.41. The van der Waals surface area contributed by atoms with Crippen molar-refractivity contribution in [1.29, 1.82) is 0 Å². The van der Waals surface area contributed by atoms with Crippen molar-refractivity contribution in [2.45, 2.75) is 17.9 Å². The minimum absolute atomic E-state index is 0.00838. The van der Waals surface area contributed by atoms with Gasteiger partial charge in [0.15, 0.2) is 0 Å². The number of hydrogen-bond acceptors (Lipinski definition) is 3. The molecule has 152 valence electrons. The summed E-state index contributed by atoms with van der Waals surface area (Å²) in [6, 6.07) is 23.1. The molecule has 6 heteroatoms. The maximum Gasteiger partial charge on any atom is 0.251 e. The molecule has 0 aromatic heterocycles. The number of nitrogens with one attached hydrogen (secondary N) is 1. The fourth-order valence-corrected chi connectivity index (χ4v) is 4.49. The van der Waals surface area contributed by atoms with Crippen molar-refractivity contribution in [3.63, 3.8) is 0 Å². The van der Waals surface area contributed by atoms with Gasteiger partial charge in [-0.05, 0) is 41.8 Å². The molecule has 0 bridgehead atoms. The van der Waals surface area contributed by atoms with Crippen LogP contribution in [0.5, 0.6) is 0 Å². The topological polar surface area (TPSA) is 49.4 Å². The van der Waals surface area contributed by atoms with E-state index in [9.17, 15) is 9.59 Å². The molecule has 4 rings (SSSR count). The zero-order chi connectivity index (χ0) is 20.9. The zero-order valence-corrected chi connectivity index (χ0v) is 17.9. The molecule has 1 aliphatic rings. The first-order valence-electron chi connectivity index (χ1n) is 9.74. The van der Waals surface area contributed by atoms with Gasteiger partial charge >= 0.3 is 0 Å². The van der Waals surface area contributed by atoms with Crippen molar-refractivity contribution in [2.24, 2.45) is 0 Å². The molecule has 0 radical (unpaired) electrons. The van der Waals surface area contributed by atoms with E-state index in [0.717, 1.165) is 22.6 Å². The molecule has 0 saturated heterocycles. The number of carbonyl (C=O) groups excluding carboxylic acids is 2. The fourth-order valence-electron chi connectivity index (χ4n) is 3.38. The molecule has 3 aromatic rings. The molecule has 0 unspecified atom stereocenters. The molecule has 0 fully saturated rings. The van der Waals surface area contributed by atoms with Gasteiger partial charge in [0.25, 0.3) is 5.91 Å². The van der Waals surface area contributed by atoms with Crippen LogP contribution >= 0.6 is 23.4 Å². The van der Waals surface area contributed by atoms with Crippen LogP contribution in [-0.4, -0.2) is 24.1 Å². The third-order valence-corrected chi connectivity index (χ3v) is 6.41. The van der Waals surface area contributed by atoms with Crippen LogP contribution < -0.4 is 10.2 Å². The minimum atomic E-state index is -0.144. The largest absolute Gasteiger partial charge is 0.352 e. The van der Waals surface area contributed by atoms with E-state index in [1.54, 1.807) is 11.0 Å². The highest BCUT2D eigenvalue weighted by molar-refractivity contribution is 8.00. The fraction of sp³-hybridized carbons (Fsp3) is 0.167. The Hall–Kier alpha value is -2.76. The number of benzene rings is 3. The first-order valence-corrected chi connectivity index (χ1v) is 11.1. The first kappa shape index (κ1) is 20.5. The maximum absolute atomic E-state index is 12.7. The summed E-state index contributed by atoms with van der Waals surface area (Å²) in [4.78, 5) is 28.0. The SMILES string of the molecule is O=C(NCCc1ccccc1)c1ccc2c(c1)N(Cc1ccccc1Cl)C(=O)CS2. The molecule has 1 N–H and O–H groups in total. The van der Waals surface area contributed by atoms with Gasteiger partial charge in [-0.2, -0.15) is 0 Å². The van der Waals surface area contributed by atoms with Crippen molar-refractivity contribution in [2.75, 3.05) is 17.2 Å². The van der Waals surface area contributed by atoms with E-state index in [0.29, 0.717) is 29.4 Å². The van der Waals surface area contributed by atoms with Gasteiger partial charge in [0.1, 0.15) is 0 Å². The molecule has 0 spiro atoms. The average Bonchev–Trinajstić information content (AvgIpc) is 2.77. The summed E-state index contributed by atoms with van der Waals surface area (Å²) in [6.07, 6.45) is 0.768. The lowest BCUT2D eigenvalue weighted by Crippen LogP contribution is -2.35. The number of anilines is 1. The van der Waals surface area contributed by atoms with Crippen molar-refractivity contribution >= 4 is 40.9 Å². The number of rotatable bonds is 6. The molecule has 30 heavy (non-hydrogen) atoms. The van der Waals surface area contributed by atoms with Crippen molar-refractivity contribution in [1.82, 2.24) is 5.32 Å². The van der Waals surface area contributed by atoms with Gasteiger partial charge < -0.3 is 10.2 Å². The summed E-state index contributed by atoms with van der Waals surface area (Å²) >= 11 is 7.80. The van der Waals surface area contributed by atoms with Crippen LogP contribution in [-0.2, 0) is 17.8 Å². The van der Waals surface area contributed by atoms with Crippen LogP contribution in [0.1, 0.15) is 21.5 Å². The molecule has 3 aromatic carbocycles. The lowest BCUT2D eigenvalue weighted by atomic mass is 10.1. The second-order valence-corrected chi connectivity index (χ2v) is 8.46. The van der Waals surface area contributed by atoms with Crippen molar-refractivity contribution in [3.05, 3.63) is 94.5 Å². The first-order chi connectivity index (χ1) is 14.6. The Balaban J connectivity index is 1.50. The third kappa shape index (κ3) is 4.69. The monoisotopic (exact) mass is 436 g/mol. The molecule has 0 saturated carbocycles. The standard InChI is InChI=1S/C24H21ClN2O2S/c25-20-9-5-4-8-19(20)15-27-21-14-18(10-11-22(21)30-16-23(27)28)24(29)26-13-12-17-6-2-1-3-7-17/h1-11,14H,12-13,15-16H2,(H,26,29). The summed E-state index contributed by atoms with van der Waals surface area (Å²) in [7, 11) is 0. The highest BCUT2D eigenvalue weighted by atomic mass is 35.5.